The SMILES string of the molecule is CCCCCC/C=C\CCCCCCCC(=O)OC(COC(=O)CCCCCCCCCCCCCCCCCCC)COP(=O)(O)OCCN(C)C. The fourth-order valence-corrected chi connectivity index (χ4v) is 6.89. The van der Waals surface area contributed by atoms with Gasteiger partial charge in [0.15, 0.2) is 6.10 Å². The van der Waals surface area contributed by atoms with Gasteiger partial charge in [-0.3, -0.25) is 18.6 Å². The standard InChI is InChI=1S/C43H84NO8P/c1-5-7-9-11-13-15-17-19-20-21-22-24-25-27-29-31-33-35-42(45)49-39-41(40-51-53(47,48)50-38-37-44(3)4)52-43(46)36-34-32-30-28-26-23-18-16-14-12-10-8-6-2/h16,18,41H,5-15,17,19-40H2,1-4H3,(H,47,48)/b18-16-. The summed E-state index contributed by atoms with van der Waals surface area (Å²) in [7, 11) is -0.706. The molecule has 0 aromatic heterocycles. The van der Waals surface area contributed by atoms with Crippen LogP contribution in [-0.4, -0.2) is 68.3 Å². The summed E-state index contributed by atoms with van der Waals surface area (Å²) in [5.41, 5.74) is 0. The number of likely N-dealkylation sites (N-methyl/N-ethyl adjacent to an activating group) is 1. The molecule has 2 atom stereocenters. The van der Waals surface area contributed by atoms with Gasteiger partial charge in [-0.1, -0.05) is 167 Å². The highest BCUT2D eigenvalue weighted by Gasteiger charge is 2.26. The van der Waals surface area contributed by atoms with Gasteiger partial charge >= 0.3 is 19.8 Å². The third kappa shape index (κ3) is 40.2. The molecule has 0 rings (SSSR count). The van der Waals surface area contributed by atoms with Gasteiger partial charge in [0.25, 0.3) is 0 Å². The van der Waals surface area contributed by atoms with Gasteiger partial charge in [-0.05, 0) is 52.6 Å². The summed E-state index contributed by atoms with van der Waals surface area (Å²) in [6.07, 6.45) is 38.2. The molecule has 0 aliphatic carbocycles. The number of phosphoric ester groups is 1. The van der Waals surface area contributed by atoms with Crippen LogP contribution in [-0.2, 0) is 32.7 Å². The van der Waals surface area contributed by atoms with Crippen molar-refractivity contribution >= 4 is 19.8 Å². The van der Waals surface area contributed by atoms with Crippen molar-refractivity contribution in [2.24, 2.45) is 0 Å². The lowest BCUT2D eigenvalue weighted by atomic mass is 10.0. The lowest BCUT2D eigenvalue weighted by molar-refractivity contribution is -0.161. The number of unbranched alkanes of at least 4 members (excludes halogenated alkanes) is 25. The maximum Gasteiger partial charge on any atom is 0.472 e. The molecule has 0 aliphatic heterocycles. The van der Waals surface area contributed by atoms with Crippen LogP contribution < -0.4 is 0 Å². The van der Waals surface area contributed by atoms with E-state index in [9.17, 15) is 19.0 Å². The van der Waals surface area contributed by atoms with E-state index in [1.54, 1.807) is 0 Å². The zero-order chi connectivity index (χ0) is 39.1. The largest absolute Gasteiger partial charge is 0.472 e. The Morgan fingerprint density at radius 1 is 0.566 bits per heavy atom. The molecule has 2 unspecified atom stereocenters. The van der Waals surface area contributed by atoms with Crippen LogP contribution in [0.15, 0.2) is 12.2 Å². The van der Waals surface area contributed by atoms with Crippen LogP contribution in [0, 0.1) is 0 Å². The second kappa shape index (κ2) is 39.0. The molecule has 0 saturated heterocycles. The van der Waals surface area contributed by atoms with Crippen molar-refractivity contribution in [3.8, 4) is 0 Å². The first-order valence-corrected chi connectivity index (χ1v) is 23.5. The number of phosphoric acid groups is 1. The van der Waals surface area contributed by atoms with E-state index in [1.807, 2.05) is 19.0 Å². The first-order chi connectivity index (χ1) is 25.7. The molecule has 0 spiro atoms. The molecular weight excluding hydrogens is 689 g/mol. The van der Waals surface area contributed by atoms with Crippen molar-refractivity contribution in [2.75, 3.05) is 40.5 Å². The van der Waals surface area contributed by atoms with E-state index in [2.05, 4.69) is 26.0 Å². The summed E-state index contributed by atoms with van der Waals surface area (Å²) in [5.74, 6) is -0.803. The normalized spacial score (nSPS) is 13.5. The molecule has 0 saturated carbocycles. The lowest BCUT2D eigenvalue weighted by Crippen LogP contribution is -2.29. The van der Waals surface area contributed by atoms with Crippen LogP contribution in [0.25, 0.3) is 0 Å². The monoisotopic (exact) mass is 774 g/mol. The number of carbonyl (C=O) groups is 2. The highest BCUT2D eigenvalue weighted by Crippen LogP contribution is 2.43. The number of rotatable bonds is 41. The number of hydrogen-bond donors (Lipinski definition) is 1. The molecule has 0 bridgehead atoms. The first-order valence-electron chi connectivity index (χ1n) is 22.0. The van der Waals surface area contributed by atoms with Gasteiger partial charge < -0.3 is 19.3 Å². The third-order valence-corrected chi connectivity index (χ3v) is 10.6. The predicted molar refractivity (Wildman–Crippen MR) is 220 cm³/mol. The van der Waals surface area contributed by atoms with Gasteiger partial charge in [-0.15, -0.1) is 0 Å². The van der Waals surface area contributed by atoms with Crippen molar-refractivity contribution in [3.05, 3.63) is 12.2 Å². The summed E-state index contributed by atoms with van der Waals surface area (Å²) in [6.45, 7) is 4.32. The van der Waals surface area contributed by atoms with E-state index in [-0.39, 0.29) is 25.6 Å². The molecule has 0 aromatic carbocycles. The Bertz CT molecular complexity index is 900. The van der Waals surface area contributed by atoms with Crippen LogP contribution in [0.2, 0.25) is 0 Å². The highest BCUT2D eigenvalue weighted by molar-refractivity contribution is 7.47. The molecular formula is C43H84NO8P. The topological polar surface area (TPSA) is 112 Å². The van der Waals surface area contributed by atoms with Crippen LogP contribution in [0.5, 0.6) is 0 Å². The average molecular weight is 774 g/mol. The molecule has 0 aliphatic rings. The van der Waals surface area contributed by atoms with Crippen molar-refractivity contribution < 1.29 is 37.6 Å². The van der Waals surface area contributed by atoms with Crippen molar-refractivity contribution in [1.29, 1.82) is 0 Å². The van der Waals surface area contributed by atoms with E-state index in [4.69, 9.17) is 18.5 Å². The Morgan fingerprint density at radius 2 is 0.962 bits per heavy atom. The van der Waals surface area contributed by atoms with Gasteiger partial charge in [0.2, 0.25) is 0 Å². The number of ether oxygens (including phenoxy) is 2. The maximum absolute atomic E-state index is 12.6. The second-order valence-corrected chi connectivity index (χ2v) is 16.7. The van der Waals surface area contributed by atoms with Gasteiger partial charge in [-0.25, -0.2) is 4.57 Å². The van der Waals surface area contributed by atoms with E-state index >= 15 is 0 Å². The zero-order valence-electron chi connectivity index (χ0n) is 35.0. The molecule has 0 amide bonds. The van der Waals surface area contributed by atoms with Crippen LogP contribution in [0.1, 0.15) is 206 Å². The third-order valence-electron chi connectivity index (χ3n) is 9.57. The van der Waals surface area contributed by atoms with Crippen molar-refractivity contribution in [1.82, 2.24) is 4.90 Å². The van der Waals surface area contributed by atoms with Crippen molar-refractivity contribution in [2.45, 2.75) is 213 Å². The summed E-state index contributed by atoms with van der Waals surface area (Å²) >= 11 is 0. The quantitative estimate of drug-likeness (QED) is 0.0281. The Kier molecular flexibility index (Phi) is 38.1. The number of esters is 2. The molecule has 0 radical (unpaired) electrons. The second-order valence-electron chi connectivity index (χ2n) is 15.2. The van der Waals surface area contributed by atoms with Gasteiger partial charge in [0.1, 0.15) is 6.61 Å². The smallest absolute Gasteiger partial charge is 0.462 e. The van der Waals surface area contributed by atoms with E-state index < -0.39 is 26.5 Å². The minimum atomic E-state index is -4.36. The van der Waals surface area contributed by atoms with Gasteiger partial charge in [0, 0.05) is 19.4 Å². The molecule has 9 nitrogen and oxygen atoms in total. The number of hydrogen-bond acceptors (Lipinski definition) is 8. The number of allylic oxidation sites excluding steroid dienone is 2. The lowest BCUT2D eigenvalue weighted by Gasteiger charge is -2.20. The average Bonchev–Trinajstić information content (AvgIpc) is 3.12. The number of carbonyl (C=O) groups excluding carboxylic acids is 2. The summed E-state index contributed by atoms with van der Waals surface area (Å²) < 4.78 is 33.4. The molecule has 1 N–H and O–H groups in total. The predicted octanol–water partition coefficient (Wildman–Crippen LogP) is 12.4. The summed E-state index contributed by atoms with van der Waals surface area (Å²) in [4.78, 5) is 37.0. The van der Waals surface area contributed by atoms with E-state index in [0.29, 0.717) is 19.4 Å². The minimum Gasteiger partial charge on any atom is -0.462 e. The van der Waals surface area contributed by atoms with Crippen molar-refractivity contribution in [3.63, 3.8) is 0 Å². The van der Waals surface area contributed by atoms with Crippen LogP contribution in [0.3, 0.4) is 0 Å². The fraction of sp³-hybridized carbons (Fsp3) is 0.907. The Hall–Kier alpha value is -1.25. The Balaban J connectivity index is 4.24. The summed E-state index contributed by atoms with van der Waals surface area (Å²) in [5, 5.41) is 0. The highest BCUT2D eigenvalue weighted by atomic mass is 31.2. The minimum absolute atomic E-state index is 0.00884. The molecule has 0 aromatic rings. The first kappa shape index (κ1) is 51.8. The van der Waals surface area contributed by atoms with E-state index in [1.165, 1.54) is 122 Å². The Morgan fingerprint density at radius 3 is 1.42 bits per heavy atom. The molecule has 314 valence electrons. The van der Waals surface area contributed by atoms with Gasteiger partial charge in [-0.2, -0.15) is 0 Å². The summed E-state index contributed by atoms with van der Waals surface area (Å²) in [6, 6.07) is 0. The zero-order valence-corrected chi connectivity index (χ0v) is 35.9. The number of nitrogens with zero attached hydrogens (tertiary/aromatic N) is 1. The fourth-order valence-electron chi connectivity index (χ4n) is 6.15. The van der Waals surface area contributed by atoms with Crippen LogP contribution >= 0.6 is 7.82 Å². The van der Waals surface area contributed by atoms with Gasteiger partial charge in [0.05, 0.1) is 13.2 Å². The van der Waals surface area contributed by atoms with Crippen LogP contribution in [0.4, 0.5) is 0 Å². The Labute approximate surface area is 326 Å². The molecule has 0 fully saturated rings. The molecule has 0 heterocycles. The maximum atomic E-state index is 12.6. The molecule has 10 heteroatoms. The molecule has 53 heavy (non-hydrogen) atoms. The van der Waals surface area contributed by atoms with E-state index in [0.717, 1.165) is 51.4 Å².